The molecular formula is C15H11ClN2O2S. The molecule has 1 saturated heterocycles. The molecule has 2 heterocycles. The van der Waals surface area contributed by atoms with Gasteiger partial charge in [0.15, 0.2) is 5.17 Å². The van der Waals surface area contributed by atoms with E-state index in [4.69, 9.17) is 16.0 Å². The summed E-state index contributed by atoms with van der Waals surface area (Å²) in [6.45, 7) is 1.86. The molecule has 0 aliphatic carbocycles. The zero-order valence-electron chi connectivity index (χ0n) is 11.1. The van der Waals surface area contributed by atoms with Crippen LogP contribution in [0.3, 0.4) is 0 Å². The largest absolute Gasteiger partial charge is 0.462 e. The Labute approximate surface area is 130 Å². The van der Waals surface area contributed by atoms with Crippen LogP contribution in [-0.2, 0) is 4.79 Å². The molecule has 21 heavy (non-hydrogen) atoms. The van der Waals surface area contributed by atoms with Crippen LogP contribution in [0.25, 0.3) is 6.08 Å². The van der Waals surface area contributed by atoms with Crippen molar-refractivity contribution < 1.29 is 9.21 Å². The molecule has 1 aromatic carbocycles. The van der Waals surface area contributed by atoms with Crippen LogP contribution < -0.4 is 5.32 Å². The molecule has 0 spiro atoms. The normalized spacial score (nSPS) is 18.5. The first-order valence-electron chi connectivity index (χ1n) is 6.22. The minimum atomic E-state index is -0.195. The maximum absolute atomic E-state index is 11.9. The van der Waals surface area contributed by atoms with Crippen LogP contribution in [0.15, 0.2) is 50.7 Å². The number of para-hydroxylation sites is 1. The number of rotatable bonds is 2. The number of hydrogen-bond donors (Lipinski definition) is 1. The lowest BCUT2D eigenvalue weighted by atomic mass is 10.3. The number of amides is 1. The first-order chi connectivity index (χ1) is 10.1. The quantitative estimate of drug-likeness (QED) is 0.847. The van der Waals surface area contributed by atoms with Gasteiger partial charge in [-0.25, -0.2) is 4.99 Å². The molecule has 1 N–H and O–H groups in total. The fourth-order valence-electron chi connectivity index (χ4n) is 1.79. The zero-order valence-corrected chi connectivity index (χ0v) is 12.7. The van der Waals surface area contributed by atoms with E-state index in [0.29, 0.717) is 26.5 Å². The first-order valence-corrected chi connectivity index (χ1v) is 7.42. The Morgan fingerprint density at radius 1 is 1.29 bits per heavy atom. The monoisotopic (exact) mass is 318 g/mol. The number of furan rings is 1. The van der Waals surface area contributed by atoms with E-state index in [0.717, 1.165) is 5.76 Å². The molecule has 1 aliphatic rings. The summed E-state index contributed by atoms with van der Waals surface area (Å²) in [7, 11) is 0. The summed E-state index contributed by atoms with van der Waals surface area (Å²) in [6.07, 6.45) is 1.70. The van der Waals surface area contributed by atoms with E-state index in [1.165, 1.54) is 11.8 Å². The van der Waals surface area contributed by atoms with Crippen molar-refractivity contribution in [3.05, 3.63) is 57.8 Å². The highest BCUT2D eigenvalue weighted by molar-refractivity contribution is 8.18. The average molecular weight is 319 g/mol. The number of nitrogens with zero attached hydrogens (tertiary/aromatic N) is 1. The maximum Gasteiger partial charge on any atom is 0.264 e. The number of carbonyl (C=O) groups excluding carboxylic acids is 1. The van der Waals surface area contributed by atoms with Crippen molar-refractivity contribution in [1.29, 1.82) is 0 Å². The summed E-state index contributed by atoms with van der Waals surface area (Å²) in [6, 6.07) is 10.9. The third-order valence-electron chi connectivity index (χ3n) is 2.76. The lowest BCUT2D eigenvalue weighted by molar-refractivity contribution is -0.115. The second-order valence-electron chi connectivity index (χ2n) is 4.38. The second-order valence-corrected chi connectivity index (χ2v) is 5.82. The summed E-state index contributed by atoms with van der Waals surface area (Å²) in [5.41, 5.74) is 0.622. The third kappa shape index (κ3) is 3.20. The van der Waals surface area contributed by atoms with Crippen molar-refractivity contribution >= 4 is 46.2 Å². The molecule has 6 heteroatoms. The number of aryl methyl sites for hydroxylation is 1. The minimum absolute atomic E-state index is 0.195. The Kier molecular flexibility index (Phi) is 3.86. The van der Waals surface area contributed by atoms with Gasteiger partial charge in [0.25, 0.3) is 5.91 Å². The summed E-state index contributed by atoms with van der Waals surface area (Å²) in [5, 5.41) is 3.76. The molecule has 0 unspecified atom stereocenters. The highest BCUT2D eigenvalue weighted by Gasteiger charge is 2.24. The van der Waals surface area contributed by atoms with Crippen LogP contribution >= 0.6 is 23.4 Å². The number of halogens is 1. The molecule has 1 fully saturated rings. The van der Waals surface area contributed by atoms with Crippen LogP contribution in [-0.4, -0.2) is 11.1 Å². The predicted octanol–water partition coefficient (Wildman–Crippen LogP) is 4.13. The molecule has 1 amide bonds. The van der Waals surface area contributed by atoms with Crippen molar-refractivity contribution in [2.24, 2.45) is 4.99 Å². The van der Waals surface area contributed by atoms with Crippen LogP contribution in [0.2, 0.25) is 5.02 Å². The molecule has 106 valence electrons. The molecule has 1 aliphatic heterocycles. The van der Waals surface area contributed by atoms with E-state index in [9.17, 15) is 4.79 Å². The van der Waals surface area contributed by atoms with Crippen molar-refractivity contribution in [2.75, 3.05) is 0 Å². The van der Waals surface area contributed by atoms with Crippen molar-refractivity contribution in [3.8, 4) is 0 Å². The fourth-order valence-corrected chi connectivity index (χ4v) is 2.79. The summed E-state index contributed by atoms with van der Waals surface area (Å²) >= 11 is 7.31. The van der Waals surface area contributed by atoms with Gasteiger partial charge in [-0.2, -0.15) is 0 Å². The second kappa shape index (κ2) is 5.79. The molecule has 2 aromatic rings. The van der Waals surface area contributed by atoms with Gasteiger partial charge in [0, 0.05) is 6.08 Å². The molecule has 0 atom stereocenters. The number of nitrogens with one attached hydrogen (secondary N) is 1. The van der Waals surface area contributed by atoms with Gasteiger partial charge in [-0.3, -0.25) is 4.79 Å². The average Bonchev–Trinajstić information content (AvgIpc) is 3.00. The number of thioether (sulfide) groups is 1. The van der Waals surface area contributed by atoms with E-state index in [1.807, 2.05) is 31.2 Å². The number of aliphatic imine (C=N–C) groups is 1. The smallest absolute Gasteiger partial charge is 0.264 e. The van der Waals surface area contributed by atoms with Gasteiger partial charge in [0.2, 0.25) is 0 Å². The fraction of sp³-hybridized carbons (Fsp3) is 0.0667. The molecule has 0 bridgehead atoms. The van der Waals surface area contributed by atoms with Crippen molar-refractivity contribution in [1.82, 2.24) is 5.32 Å². The van der Waals surface area contributed by atoms with E-state index < -0.39 is 0 Å². The molecule has 3 rings (SSSR count). The lowest BCUT2D eigenvalue weighted by Crippen LogP contribution is -2.19. The van der Waals surface area contributed by atoms with Gasteiger partial charge >= 0.3 is 0 Å². The number of hydrogen-bond acceptors (Lipinski definition) is 4. The summed E-state index contributed by atoms with van der Waals surface area (Å²) in [5.74, 6) is 1.25. The van der Waals surface area contributed by atoms with Gasteiger partial charge in [0.1, 0.15) is 11.5 Å². The Balaban J connectivity index is 1.85. The third-order valence-corrected chi connectivity index (χ3v) is 3.99. The van der Waals surface area contributed by atoms with Crippen LogP contribution in [0.5, 0.6) is 0 Å². The highest BCUT2D eigenvalue weighted by Crippen LogP contribution is 2.30. The van der Waals surface area contributed by atoms with Gasteiger partial charge in [0.05, 0.1) is 15.6 Å². The minimum Gasteiger partial charge on any atom is -0.462 e. The molecule has 1 aromatic heterocycles. The van der Waals surface area contributed by atoms with Gasteiger partial charge in [-0.15, -0.1) is 0 Å². The molecule has 0 saturated carbocycles. The SMILES string of the molecule is Cc1ccc(/C=C2/SC(=Nc3ccccc3Cl)NC2=O)o1. The predicted molar refractivity (Wildman–Crippen MR) is 85.7 cm³/mol. The summed E-state index contributed by atoms with van der Waals surface area (Å²) < 4.78 is 5.44. The van der Waals surface area contributed by atoms with Crippen LogP contribution in [0.1, 0.15) is 11.5 Å². The number of benzene rings is 1. The Morgan fingerprint density at radius 2 is 2.10 bits per heavy atom. The Hall–Kier alpha value is -1.98. The summed E-state index contributed by atoms with van der Waals surface area (Å²) in [4.78, 5) is 16.8. The van der Waals surface area contributed by atoms with Crippen molar-refractivity contribution in [2.45, 2.75) is 6.92 Å². The highest BCUT2D eigenvalue weighted by atomic mass is 35.5. The standard InChI is InChI=1S/C15H11ClN2O2S/c1-9-6-7-10(20-9)8-13-14(19)18-15(21-13)17-12-5-3-2-4-11(12)16/h2-8H,1H3,(H,17,18,19)/b13-8+. The Morgan fingerprint density at radius 3 is 2.81 bits per heavy atom. The van der Waals surface area contributed by atoms with Gasteiger partial charge in [-0.1, -0.05) is 23.7 Å². The van der Waals surface area contributed by atoms with Crippen molar-refractivity contribution in [3.63, 3.8) is 0 Å². The van der Waals surface area contributed by atoms with Crippen LogP contribution in [0.4, 0.5) is 5.69 Å². The van der Waals surface area contributed by atoms with E-state index in [1.54, 1.807) is 18.2 Å². The molecular weight excluding hydrogens is 308 g/mol. The van der Waals surface area contributed by atoms with Gasteiger partial charge in [-0.05, 0) is 43.0 Å². The van der Waals surface area contributed by atoms with E-state index >= 15 is 0 Å². The van der Waals surface area contributed by atoms with Gasteiger partial charge < -0.3 is 9.73 Å². The Bertz CT molecular complexity index is 765. The topological polar surface area (TPSA) is 54.6 Å². The maximum atomic E-state index is 11.9. The molecule has 0 radical (unpaired) electrons. The number of amidine groups is 1. The van der Waals surface area contributed by atoms with E-state index in [2.05, 4.69) is 10.3 Å². The lowest BCUT2D eigenvalue weighted by Gasteiger charge is -1.98. The first kappa shape index (κ1) is 14.0. The molecule has 4 nitrogen and oxygen atoms in total. The van der Waals surface area contributed by atoms with Crippen LogP contribution in [0, 0.1) is 6.92 Å². The van der Waals surface area contributed by atoms with E-state index in [-0.39, 0.29) is 5.91 Å². The zero-order chi connectivity index (χ0) is 14.8. The number of carbonyl (C=O) groups is 1.